The largest absolute Gasteiger partial charge is 0.269 e. The molecule has 3 aromatic rings. The third-order valence-electron chi connectivity index (χ3n) is 3.64. The van der Waals surface area contributed by atoms with Gasteiger partial charge in [0.2, 0.25) is 0 Å². The molecule has 0 nitrogen and oxygen atoms in total. The van der Waals surface area contributed by atoms with Gasteiger partial charge in [-0.2, -0.15) is 9.88 Å². The van der Waals surface area contributed by atoms with Crippen LogP contribution in [-0.2, 0) is 0 Å². The third kappa shape index (κ3) is 4.42. The Morgan fingerprint density at radius 1 is 0.417 bits per heavy atom. The van der Waals surface area contributed by atoms with Gasteiger partial charge in [-0.05, 0) is 14.7 Å². The molecule has 3 rings (SSSR count). The molecule has 0 N–H and O–H groups in total. The predicted molar refractivity (Wildman–Crippen MR) is 100 cm³/mol. The van der Waals surface area contributed by atoms with E-state index >= 15 is 0 Å². The second-order valence-electron chi connectivity index (χ2n) is 4.86. The first-order valence-electron chi connectivity index (χ1n) is 6.75. The van der Waals surface area contributed by atoms with Crippen LogP contribution >= 0.6 is 9.88 Å². The van der Waals surface area contributed by atoms with Crippen molar-refractivity contribution >= 4 is 17.0 Å². The van der Waals surface area contributed by atoms with Crippen LogP contribution in [-0.4, -0.2) is 7.12 Å². The van der Waals surface area contributed by atoms with E-state index in [1.165, 1.54) is 14.7 Å². The average Bonchev–Trinajstić information content (AvgIpc) is 2.56. The molecular weight excluding hydrogens is 335 g/mol. The quantitative estimate of drug-likeness (QED) is 0.451. The van der Waals surface area contributed by atoms with Crippen LogP contribution in [0.15, 0.2) is 106 Å². The number of rotatable bonds is 3. The number of benzene rings is 3. The lowest BCUT2D eigenvalue weighted by atomic mass is 10.4. The van der Waals surface area contributed by atoms with E-state index in [-0.39, 0.29) is 18.8 Å². The van der Waals surface area contributed by atoms with Crippen molar-refractivity contribution in [3.05, 3.63) is 91.0 Å². The lowest BCUT2D eigenvalue weighted by Gasteiger charge is -2.38. The van der Waals surface area contributed by atoms with Gasteiger partial charge in [0.15, 0.2) is 7.12 Å². The molecule has 0 fully saturated rings. The van der Waals surface area contributed by atoms with E-state index in [0.29, 0.717) is 0 Å². The Kier molecular flexibility index (Phi) is 10.6. The highest BCUT2D eigenvalue weighted by Gasteiger charge is 2.24. The van der Waals surface area contributed by atoms with Crippen LogP contribution in [0.4, 0.5) is 18.8 Å². The molecular formula is C18H21BF4S. The molecule has 6 heteroatoms. The summed E-state index contributed by atoms with van der Waals surface area (Å²) >= 11 is 0. The smallest absolute Gasteiger partial charge is 0.169 e. The van der Waals surface area contributed by atoms with Crippen molar-refractivity contribution < 1.29 is 18.8 Å². The molecule has 3 aromatic carbocycles. The van der Waals surface area contributed by atoms with Crippen LogP contribution < -0.4 is 0 Å². The topological polar surface area (TPSA) is 0 Å². The molecule has 0 saturated heterocycles. The van der Waals surface area contributed by atoms with Crippen LogP contribution in [0.3, 0.4) is 0 Å². The fraction of sp³-hybridized carbons (Fsp3) is 0. The van der Waals surface area contributed by atoms with Crippen LogP contribution in [0.5, 0.6) is 0 Å². The molecule has 0 atom stereocenters. The van der Waals surface area contributed by atoms with Gasteiger partial charge in [-0.3, -0.25) is 18.8 Å². The van der Waals surface area contributed by atoms with Crippen molar-refractivity contribution in [1.82, 2.24) is 0 Å². The lowest BCUT2D eigenvalue weighted by Crippen LogP contribution is -2.02. The van der Waals surface area contributed by atoms with Gasteiger partial charge in [0.25, 0.3) is 0 Å². The molecule has 0 spiro atoms. The van der Waals surface area contributed by atoms with Crippen LogP contribution in [0.25, 0.3) is 0 Å². The first kappa shape index (κ1) is 24.1. The van der Waals surface area contributed by atoms with E-state index in [1.54, 1.807) is 0 Å². The van der Waals surface area contributed by atoms with Crippen LogP contribution in [0.1, 0.15) is 0 Å². The SMILES string of the molecule is BS(c1ccccc1)(c1ccccc1)c1ccccc1.F.F.F.F. The zero-order chi connectivity index (χ0) is 13.8. The van der Waals surface area contributed by atoms with Crippen molar-refractivity contribution in [2.45, 2.75) is 14.7 Å². The number of halogens is 4. The molecule has 0 heterocycles. The summed E-state index contributed by atoms with van der Waals surface area (Å²) in [6.07, 6.45) is 0. The van der Waals surface area contributed by atoms with Gasteiger partial charge in [-0.15, -0.1) is 0 Å². The zero-order valence-corrected chi connectivity index (χ0v) is 14.0. The summed E-state index contributed by atoms with van der Waals surface area (Å²) < 4.78 is 0. The molecule has 130 valence electrons. The van der Waals surface area contributed by atoms with Crippen molar-refractivity contribution in [3.8, 4) is 0 Å². The molecule has 0 aliphatic rings. The number of hydrogen-bond acceptors (Lipinski definition) is 0. The fourth-order valence-corrected chi connectivity index (χ4v) is 5.41. The summed E-state index contributed by atoms with van der Waals surface area (Å²) in [7, 11) is 1.21. The van der Waals surface area contributed by atoms with E-state index in [1.807, 2.05) is 0 Å². The van der Waals surface area contributed by atoms with Gasteiger partial charge in [0.05, 0.1) is 0 Å². The third-order valence-corrected chi connectivity index (χ3v) is 7.29. The summed E-state index contributed by atoms with van der Waals surface area (Å²) in [6.45, 7) is 0. The molecule has 0 amide bonds. The van der Waals surface area contributed by atoms with Crippen molar-refractivity contribution in [2.75, 3.05) is 0 Å². The molecule has 0 radical (unpaired) electrons. The maximum atomic E-state index is 2.38. The lowest BCUT2D eigenvalue weighted by molar-refractivity contribution is 1.11. The molecule has 0 aromatic heterocycles. The van der Waals surface area contributed by atoms with Gasteiger partial charge >= 0.3 is 0 Å². The maximum absolute atomic E-state index is 2.38. The summed E-state index contributed by atoms with van der Waals surface area (Å²) in [5, 5.41) is 0. The van der Waals surface area contributed by atoms with Crippen LogP contribution in [0, 0.1) is 0 Å². The maximum Gasteiger partial charge on any atom is 0.169 e. The summed E-state index contributed by atoms with van der Waals surface area (Å²) in [4.78, 5) is 4.20. The van der Waals surface area contributed by atoms with Crippen LogP contribution in [0.2, 0.25) is 0 Å². The minimum Gasteiger partial charge on any atom is -0.269 e. The molecule has 0 saturated carbocycles. The van der Waals surface area contributed by atoms with E-state index < -0.39 is 9.88 Å². The molecule has 0 unspecified atom stereocenters. The highest BCUT2D eigenvalue weighted by atomic mass is 32.3. The Balaban J connectivity index is 0. The number of hydrogen-bond donors (Lipinski definition) is 0. The van der Waals surface area contributed by atoms with E-state index in [0.717, 1.165) is 0 Å². The van der Waals surface area contributed by atoms with E-state index in [4.69, 9.17) is 0 Å². The monoisotopic (exact) mass is 356 g/mol. The standard InChI is InChI=1S/C18H17BS.4FH/c19-20(16-10-4-1-5-11-16,17-12-6-2-7-13-17)18-14-8-3-9-15-18;;;;/h1-15H,19H2;4*1H. The first-order valence-corrected chi connectivity index (χ1v) is 8.79. The van der Waals surface area contributed by atoms with Gasteiger partial charge in [0, 0.05) is 0 Å². The molecule has 0 bridgehead atoms. The second-order valence-corrected chi connectivity index (χ2v) is 8.11. The van der Waals surface area contributed by atoms with Gasteiger partial charge < -0.3 is 0 Å². The van der Waals surface area contributed by atoms with Crippen molar-refractivity contribution in [1.29, 1.82) is 0 Å². The van der Waals surface area contributed by atoms with Gasteiger partial charge in [0.1, 0.15) is 0 Å². The van der Waals surface area contributed by atoms with Crippen molar-refractivity contribution in [3.63, 3.8) is 0 Å². The van der Waals surface area contributed by atoms with Gasteiger partial charge in [-0.25, -0.2) is 0 Å². The zero-order valence-electron chi connectivity index (χ0n) is 13.2. The van der Waals surface area contributed by atoms with Crippen molar-refractivity contribution in [2.24, 2.45) is 0 Å². The summed E-state index contributed by atoms with van der Waals surface area (Å²) in [5.41, 5.74) is 0. The second kappa shape index (κ2) is 10.5. The normalized spacial score (nSPS) is 10.0. The highest BCUT2D eigenvalue weighted by Crippen LogP contribution is 2.64. The minimum absolute atomic E-state index is 0. The minimum atomic E-state index is -1.18. The summed E-state index contributed by atoms with van der Waals surface area (Å²) in [5.74, 6) is 0. The molecule has 24 heavy (non-hydrogen) atoms. The Labute approximate surface area is 142 Å². The average molecular weight is 356 g/mol. The highest BCUT2D eigenvalue weighted by molar-refractivity contribution is 8.50. The first-order chi connectivity index (χ1) is 9.82. The Hall–Kier alpha value is -2.21. The van der Waals surface area contributed by atoms with E-state index in [9.17, 15) is 0 Å². The summed E-state index contributed by atoms with van der Waals surface area (Å²) in [6, 6.07) is 32.5. The fourth-order valence-electron chi connectivity index (χ4n) is 2.49. The van der Waals surface area contributed by atoms with Gasteiger partial charge in [-0.1, -0.05) is 91.0 Å². The predicted octanol–water partition coefficient (Wildman–Crippen LogP) is 5.13. The molecule has 0 aliphatic carbocycles. The molecule has 0 aliphatic heterocycles. The Morgan fingerprint density at radius 2 is 0.625 bits per heavy atom. The Bertz CT molecular complexity index is 584. The van der Waals surface area contributed by atoms with E-state index in [2.05, 4.69) is 98.1 Å². The Morgan fingerprint density at radius 3 is 0.833 bits per heavy atom.